The van der Waals surface area contributed by atoms with Gasteiger partial charge in [0, 0.05) is 5.56 Å². The van der Waals surface area contributed by atoms with Crippen LogP contribution in [0.25, 0.3) is 0 Å². The van der Waals surface area contributed by atoms with Crippen LogP contribution in [0.5, 0.6) is 0 Å². The fraction of sp³-hybridized carbons (Fsp3) is 0.444. The molecule has 1 N–H and O–H groups in total. The summed E-state index contributed by atoms with van der Waals surface area (Å²) in [6, 6.07) is 1.46. The van der Waals surface area contributed by atoms with Crippen molar-refractivity contribution in [2.24, 2.45) is 0 Å². The summed E-state index contributed by atoms with van der Waals surface area (Å²) < 4.78 is 4.87. The molecule has 0 aromatic carbocycles. The number of hydrogen-bond acceptors (Lipinski definition) is 2. The van der Waals surface area contributed by atoms with Crippen molar-refractivity contribution in [1.82, 2.24) is 0 Å². The van der Waals surface area contributed by atoms with Crippen LogP contribution in [0.1, 0.15) is 36.9 Å². The van der Waals surface area contributed by atoms with Gasteiger partial charge in [0.25, 0.3) is 0 Å². The molecule has 0 unspecified atom stereocenters. The predicted molar refractivity (Wildman–Crippen MR) is 49.4 cm³/mol. The quantitative estimate of drug-likeness (QED) is 0.762. The van der Waals surface area contributed by atoms with E-state index in [1.54, 1.807) is 0 Å². The molecule has 1 heterocycles. The maximum absolute atomic E-state index is 10.5. The molecule has 0 spiro atoms. The molecule has 0 fully saturated rings. The third-order valence-electron chi connectivity index (χ3n) is 1.71. The van der Waals surface area contributed by atoms with Crippen molar-refractivity contribution < 1.29 is 14.3 Å². The zero-order chi connectivity index (χ0) is 10.2. The number of carboxylic acids is 1. The summed E-state index contributed by atoms with van der Waals surface area (Å²) in [7, 11) is 0. The van der Waals surface area contributed by atoms with Gasteiger partial charge < -0.3 is 9.52 Å². The fourth-order valence-electron chi connectivity index (χ4n) is 0.986. The van der Waals surface area contributed by atoms with E-state index in [4.69, 9.17) is 21.1 Å². The Kier molecular flexibility index (Phi) is 2.39. The molecule has 0 aliphatic rings. The van der Waals surface area contributed by atoms with Gasteiger partial charge >= 0.3 is 5.97 Å². The maximum atomic E-state index is 10.5. The average molecular weight is 203 g/mol. The van der Waals surface area contributed by atoms with Crippen LogP contribution in [0.2, 0.25) is 5.22 Å². The highest BCUT2D eigenvalue weighted by Gasteiger charge is 2.23. The first kappa shape index (κ1) is 10.1. The predicted octanol–water partition coefficient (Wildman–Crippen LogP) is 2.93. The van der Waals surface area contributed by atoms with Crippen molar-refractivity contribution in [2.45, 2.75) is 26.2 Å². The third kappa shape index (κ3) is 2.04. The highest BCUT2D eigenvalue weighted by molar-refractivity contribution is 6.29. The van der Waals surface area contributed by atoms with E-state index < -0.39 is 5.97 Å². The molecule has 0 aliphatic heterocycles. The van der Waals surface area contributed by atoms with Crippen molar-refractivity contribution in [2.75, 3.05) is 0 Å². The van der Waals surface area contributed by atoms with Gasteiger partial charge in [-0.25, -0.2) is 4.79 Å². The van der Waals surface area contributed by atoms with Gasteiger partial charge in [-0.3, -0.25) is 0 Å². The summed E-state index contributed by atoms with van der Waals surface area (Å²) in [6.07, 6.45) is 0. The lowest BCUT2D eigenvalue weighted by molar-refractivity contribution is 0.0662. The molecule has 1 rings (SSSR count). The van der Waals surface area contributed by atoms with E-state index in [1.165, 1.54) is 6.07 Å². The minimum Gasteiger partial charge on any atom is -0.475 e. The highest BCUT2D eigenvalue weighted by Crippen LogP contribution is 2.32. The van der Waals surface area contributed by atoms with Gasteiger partial charge in [0.05, 0.1) is 0 Å². The molecule has 0 bridgehead atoms. The van der Waals surface area contributed by atoms with E-state index in [-0.39, 0.29) is 16.4 Å². The van der Waals surface area contributed by atoms with Gasteiger partial charge in [-0.1, -0.05) is 20.8 Å². The molecule has 72 valence electrons. The molecule has 0 saturated heterocycles. The van der Waals surface area contributed by atoms with Crippen molar-refractivity contribution in [3.05, 3.63) is 22.6 Å². The minimum absolute atomic E-state index is 0.116. The number of halogens is 1. The molecule has 3 nitrogen and oxygen atoms in total. The fourth-order valence-corrected chi connectivity index (χ4v) is 1.41. The van der Waals surface area contributed by atoms with Crippen LogP contribution in [0.3, 0.4) is 0 Å². The molecule has 4 heteroatoms. The second kappa shape index (κ2) is 3.07. The van der Waals surface area contributed by atoms with Crippen molar-refractivity contribution in [1.29, 1.82) is 0 Å². The SMILES string of the molecule is CC(C)(C)c1cc(C(=O)O)oc1Cl. The Bertz CT molecular complexity index is 333. The number of carbonyl (C=O) groups is 1. The summed E-state index contributed by atoms with van der Waals surface area (Å²) in [5.41, 5.74) is 0.514. The van der Waals surface area contributed by atoms with E-state index in [0.717, 1.165) is 0 Å². The third-order valence-corrected chi connectivity index (χ3v) is 1.99. The normalized spacial score (nSPS) is 11.7. The summed E-state index contributed by atoms with van der Waals surface area (Å²) in [5, 5.41) is 8.79. The Morgan fingerprint density at radius 1 is 1.54 bits per heavy atom. The van der Waals surface area contributed by atoms with E-state index in [0.29, 0.717) is 5.56 Å². The highest BCUT2D eigenvalue weighted by atomic mass is 35.5. The molecule has 1 aromatic rings. The monoisotopic (exact) mass is 202 g/mol. The number of carboxylic acid groups (broad SMARTS) is 1. The van der Waals surface area contributed by atoms with Gasteiger partial charge in [-0.15, -0.1) is 0 Å². The summed E-state index contributed by atoms with van der Waals surface area (Å²) in [5.74, 6) is -1.22. The molecule has 0 saturated carbocycles. The number of hydrogen-bond donors (Lipinski definition) is 1. The zero-order valence-electron chi connectivity index (χ0n) is 7.72. The summed E-state index contributed by atoms with van der Waals surface area (Å²) in [4.78, 5) is 10.5. The maximum Gasteiger partial charge on any atom is 0.371 e. The molecule has 0 atom stereocenters. The summed E-state index contributed by atoms with van der Waals surface area (Å²) >= 11 is 5.74. The van der Waals surface area contributed by atoms with Gasteiger partial charge in [0.1, 0.15) is 0 Å². The van der Waals surface area contributed by atoms with Crippen LogP contribution >= 0.6 is 11.6 Å². The molecule has 13 heavy (non-hydrogen) atoms. The Labute approximate surface area is 81.3 Å². The van der Waals surface area contributed by atoms with Crippen LogP contribution in [-0.4, -0.2) is 11.1 Å². The first-order chi connectivity index (χ1) is 5.82. The Morgan fingerprint density at radius 3 is 2.31 bits per heavy atom. The van der Waals surface area contributed by atoms with Gasteiger partial charge in [-0.05, 0) is 23.1 Å². The second-order valence-electron chi connectivity index (χ2n) is 3.85. The van der Waals surface area contributed by atoms with Crippen LogP contribution in [0.4, 0.5) is 0 Å². The van der Waals surface area contributed by atoms with Gasteiger partial charge in [-0.2, -0.15) is 0 Å². The van der Waals surface area contributed by atoms with E-state index in [2.05, 4.69) is 0 Å². The Hall–Kier alpha value is -0.960. The van der Waals surface area contributed by atoms with Crippen LogP contribution in [-0.2, 0) is 5.41 Å². The smallest absolute Gasteiger partial charge is 0.371 e. The molecule has 0 radical (unpaired) electrons. The van der Waals surface area contributed by atoms with Crippen LogP contribution in [0.15, 0.2) is 10.5 Å². The molecule has 0 aliphatic carbocycles. The minimum atomic E-state index is -1.10. The van der Waals surface area contributed by atoms with E-state index >= 15 is 0 Å². The first-order valence-electron chi connectivity index (χ1n) is 3.85. The second-order valence-corrected chi connectivity index (χ2v) is 4.20. The molecule has 1 aromatic heterocycles. The van der Waals surface area contributed by atoms with E-state index in [1.807, 2.05) is 20.8 Å². The molecular weight excluding hydrogens is 192 g/mol. The zero-order valence-corrected chi connectivity index (χ0v) is 8.47. The van der Waals surface area contributed by atoms with Crippen molar-refractivity contribution in [3.8, 4) is 0 Å². The topological polar surface area (TPSA) is 50.4 Å². The van der Waals surface area contributed by atoms with Crippen molar-refractivity contribution in [3.63, 3.8) is 0 Å². The lowest BCUT2D eigenvalue weighted by Gasteiger charge is -2.15. The summed E-state index contributed by atoms with van der Waals surface area (Å²) in [6.45, 7) is 5.82. The molecular formula is C9H11ClO3. The van der Waals surface area contributed by atoms with Gasteiger partial charge in [0.15, 0.2) is 5.22 Å². The number of aromatic carboxylic acids is 1. The van der Waals surface area contributed by atoms with Crippen LogP contribution in [0, 0.1) is 0 Å². The Morgan fingerprint density at radius 2 is 2.08 bits per heavy atom. The lowest BCUT2D eigenvalue weighted by Crippen LogP contribution is -2.10. The average Bonchev–Trinajstić information content (AvgIpc) is 2.29. The Balaban J connectivity index is 3.18. The molecule has 0 amide bonds. The standard InChI is InChI=1S/C9H11ClO3/c1-9(2,3)5-4-6(8(11)12)13-7(5)10/h4H,1-3H3,(H,11,12). The lowest BCUT2D eigenvalue weighted by atomic mass is 9.89. The van der Waals surface area contributed by atoms with Crippen molar-refractivity contribution >= 4 is 17.6 Å². The van der Waals surface area contributed by atoms with Crippen LogP contribution < -0.4 is 0 Å². The van der Waals surface area contributed by atoms with Gasteiger partial charge in [0.2, 0.25) is 5.76 Å². The van der Waals surface area contributed by atoms with E-state index in [9.17, 15) is 4.79 Å². The number of furan rings is 1. The largest absolute Gasteiger partial charge is 0.475 e. The first-order valence-corrected chi connectivity index (χ1v) is 4.23. The number of rotatable bonds is 1.